The Labute approximate surface area is 130 Å². The number of nitrogens with zero attached hydrogens (tertiary/aromatic N) is 2. The van der Waals surface area contributed by atoms with Gasteiger partial charge in [-0.3, -0.25) is 0 Å². The number of aromatic nitrogens is 1. The summed E-state index contributed by atoms with van der Waals surface area (Å²) in [6.07, 6.45) is 2.33. The molecule has 0 radical (unpaired) electrons. The molecule has 1 aliphatic carbocycles. The summed E-state index contributed by atoms with van der Waals surface area (Å²) in [5, 5.41) is 5.46. The van der Waals surface area contributed by atoms with E-state index in [0.717, 1.165) is 24.8 Å². The van der Waals surface area contributed by atoms with Crippen molar-refractivity contribution in [3.8, 4) is 0 Å². The molecule has 112 valence electrons. The van der Waals surface area contributed by atoms with Crippen molar-refractivity contribution in [2.75, 3.05) is 30.8 Å². The number of rotatable bonds is 2. The molecule has 5 heteroatoms. The molecule has 2 heterocycles. The highest BCUT2D eigenvalue weighted by atomic mass is 32.2. The summed E-state index contributed by atoms with van der Waals surface area (Å²) in [5.74, 6) is 1.23. The predicted molar refractivity (Wildman–Crippen MR) is 90.1 cm³/mol. The van der Waals surface area contributed by atoms with Crippen LogP contribution in [0.1, 0.15) is 43.8 Å². The Morgan fingerprint density at radius 2 is 2.20 bits per heavy atom. The summed E-state index contributed by atoms with van der Waals surface area (Å²) in [6.45, 7) is 9.33. The average Bonchev–Trinajstić information content (AvgIpc) is 2.80. The molecule has 20 heavy (non-hydrogen) atoms. The second-order valence-electron chi connectivity index (χ2n) is 6.82. The van der Waals surface area contributed by atoms with Crippen molar-refractivity contribution in [3.63, 3.8) is 0 Å². The lowest BCUT2D eigenvalue weighted by Gasteiger charge is -2.34. The number of thioether (sulfide) groups is 1. The Morgan fingerprint density at radius 3 is 2.90 bits per heavy atom. The van der Waals surface area contributed by atoms with Gasteiger partial charge in [-0.25, -0.2) is 4.98 Å². The lowest BCUT2D eigenvalue weighted by Crippen LogP contribution is -2.36. The first-order chi connectivity index (χ1) is 9.48. The van der Waals surface area contributed by atoms with Crippen LogP contribution in [-0.2, 0) is 6.42 Å². The summed E-state index contributed by atoms with van der Waals surface area (Å²) in [5.41, 5.74) is 1.70. The highest BCUT2D eigenvalue weighted by Gasteiger charge is 2.35. The number of thiazole rings is 1. The third kappa shape index (κ3) is 2.85. The van der Waals surface area contributed by atoms with E-state index in [1.54, 1.807) is 0 Å². The molecule has 0 amide bonds. The summed E-state index contributed by atoms with van der Waals surface area (Å²) < 4.78 is 0. The minimum atomic E-state index is 0.358. The van der Waals surface area contributed by atoms with Gasteiger partial charge in [-0.2, -0.15) is 11.8 Å². The zero-order valence-corrected chi connectivity index (χ0v) is 14.5. The summed E-state index contributed by atoms with van der Waals surface area (Å²) >= 11 is 4.00. The van der Waals surface area contributed by atoms with Crippen molar-refractivity contribution in [2.24, 2.45) is 5.41 Å². The maximum atomic E-state index is 5.00. The highest BCUT2D eigenvalue weighted by Crippen LogP contribution is 2.44. The van der Waals surface area contributed by atoms with Gasteiger partial charge >= 0.3 is 0 Å². The summed E-state index contributed by atoms with van der Waals surface area (Å²) in [4.78, 5) is 8.97. The standard InChI is InChI=1S/C15H25N3S2/c1-10-9-18(5-6-19-10)14-17-12-8-15(2,3)7-11(16-4)13(12)20-14/h10-11,16H,5-9H2,1-4H3. The van der Waals surface area contributed by atoms with Crippen LogP contribution in [0.3, 0.4) is 0 Å². The van der Waals surface area contributed by atoms with Gasteiger partial charge in [0.2, 0.25) is 0 Å². The number of hydrogen-bond donors (Lipinski definition) is 1. The van der Waals surface area contributed by atoms with Gasteiger partial charge in [-0.1, -0.05) is 32.1 Å². The molecule has 0 spiro atoms. The van der Waals surface area contributed by atoms with Crippen LogP contribution in [0, 0.1) is 5.41 Å². The van der Waals surface area contributed by atoms with E-state index in [4.69, 9.17) is 4.98 Å². The molecule has 2 atom stereocenters. The molecule has 1 aromatic rings. The molecule has 0 aromatic carbocycles. The van der Waals surface area contributed by atoms with E-state index in [1.165, 1.54) is 27.9 Å². The Balaban J connectivity index is 1.87. The SMILES string of the molecule is CNC1CC(C)(C)Cc2nc(N3CCSC(C)C3)sc21. The van der Waals surface area contributed by atoms with E-state index in [0.29, 0.717) is 11.5 Å². The highest BCUT2D eigenvalue weighted by molar-refractivity contribution is 8.00. The van der Waals surface area contributed by atoms with Crippen LogP contribution in [0.15, 0.2) is 0 Å². The van der Waals surface area contributed by atoms with Crippen LogP contribution >= 0.6 is 23.1 Å². The lowest BCUT2D eigenvalue weighted by atomic mass is 9.76. The molecule has 3 rings (SSSR count). The molecule has 0 bridgehead atoms. The van der Waals surface area contributed by atoms with Gasteiger partial charge in [-0.05, 0) is 25.3 Å². The van der Waals surface area contributed by atoms with Gasteiger partial charge in [0.25, 0.3) is 0 Å². The molecular weight excluding hydrogens is 286 g/mol. The van der Waals surface area contributed by atoms with Gasteiger partial charge < -0.3 is 10.2 Å². The predicted octanol–water partition coefficient (Wildman–Crippen LogP) is 3.32. The minimum Gasteiger partial charge on any atom is -0.346 e. The second kappa shape index (κ2) is 5.50. The van der Waals surface area contributed by atoms with Crippen molar-refractivity contribution < 1.29 is 0 Å². The fourth-order valence-corrected chi connectivity index (χ4v) is 5.52. The molecule has 1 saturated heterocycles. The van der Waals surface area contributed by atoms with E-state index >= 15 is 0 Å². The fourth-order valence-electron chi connectivity index (χ4n) is 3.28. The first kappa shape index (κ1) is 14.7. The van der Waals surface area contributed by atoms with E-state index in [-0.39, 0.29) is 0 Å². The maximum Gasteiger partial charge on any atom is 0.185 e. The second-order valence-corrected chi connectivity index (χ2v) is 9.38. The average molecular weight is 312 g/mol. The number of nitrogens with one attached hydrogen (secondary N) is 1. The molecule has 3 nitrogen and oxygen atoms in total. The molecule has 2 aliphatic rings. The van der Waals surface area contributed by atoms with Crippen LogP contribution in [0.5, 0.6) is 0 Å². The molecule has 1 aliphatic heterocycles. The molecule has 1 N–H and O–H groups in total. The molecule has 0 saturated carbocycles. The van der Waals surface area contributed by atoms with Crippen LogP contribution < -0.4 is 10.2 Å². The zero-order chi connectivity index (χ0) is 14.3. The van der Waals surface area contributed by atoms with Crippen molar-refractivity contribution in [1.29, 1.82) is 0 Å². The zero-order valence-electron chi connectivity index (χ0n) is 12.9. The summed E-state index contributed by atoms with van der Waals surface area (Å²) in [7, 11) is 2.08. The quantitative estimate of drug-likeness (QED) is 0.907. The first-order valence-electron chi connectivity index (χ1n) is 7.52. The molecule has 1 fully saturated rings. The monoisotopic (exact) mass is 311 g/mol. The van der Waals surface area contributed by atoms with E-state index < -0.39 is 0 Å². The van der Waals surface area contributed by atoms with Crippen molar-refractivity contribution >= 4 is 28.2 Å². The van der Waals surface area contributed by atoms with Crippen molar-refractivity contribution in [1.82, 2.24) is 10.3 Å². The molecule has 2 unspecified atom stereocenters. The van der Waals surface area contributed by atoms with Gasteiger partial charge in [-0.15, -0.1) is 0 Å². The van der Waals surface area contributed by atoms with E-state index in [1.807, 2.05) is 11.3 Å². The Hall–Kier alpha value is -0.260. The van der Waals surface area contributed by atoms with Gasteiger partial charge in [0, 0.05) is 35.0 Å². The Morgan fingerprint density at radius 1 is 1.40 bits per heavy atom. The largest absolute Gasteiger partial charge is 0.346 e. The van der Waals surface area contributed by atoms with Crippen LogP contribution in [-0.4, -0.2) is 36.1 Å². The third-order valence-corrected chi connectivity index (χ3v) is 6.70. The number of anilines is 1. The van der Waals surface area contributed by atoms with Crippen LogP contribution in [0.4, 0.5) is 5.13 Å². The third-order valence-electron chi connectivity index (χ3n) is 4.30. The van der Waals surface area contributed by atoms with Crippen molar-refractivity contribution in [2.45, 2.75) is 44.9 Å². The molecule has 1 aromatic heterocycles. The van der Waals surface area contributed by atoms with E-state index in [9.17, 15) is 0 Å². The lowest BCUT2D eigenvalue weighted by molar-refractivity contribution is 0.265. The minimum absolute atomic E-state index is 0.358. The van der Waals surface area contributed by atoms with Gasteiger partial charge in [0.1, 0.15) is 0 Å². The van der Waals surface area contributed by atoms with Gasteiger partial charge in [0.15, 0.2) is 5.13 Å². The van der Waals surface area contributed by atoms with Crippen LogP contribution in [0.2, 0.25) is 0 Å². The first-order valence-corrected chi connectivity index (χ1v) is 9.38. The Kier molecular flexibility index (Phi) is 4.04. The smallest absolute Gasteiger partial charge is 0.185 e. The normalized spacial score (nSPS) is 29.3. The maximum absolute atomic E-state index is 5.00. The van der Waals surface area contributed by atoms with Gasteiger partial charge in [0.05, 0.1) is 5.69 Å². The number of fused-ring (bicyclic) bond motifs is 1. The fraction of sp³-hybridized carbons (Fsp3) is 0.800. The number of hydrogen-bond acceptors (Lipinski definition) is 5. The van der Waals surface area contributed by atoms with Crippen LogP contribution in [0.25, 0.3) is 0 Å². The van der Waals surface area contributed by atoms with Crippen molar-refractivity contribution in [3.05, 3.63) is 10.6 Å². The summed E-state index contributed by atoms with van der Waals surface area (Å²) in [6, 6.07) is 0.483. The van der Waals surface area contributed by atoms with E-state index in [2.05, 4.69) is 49.8 Å². The Bertz CT molecular complexity index is 483. The topological polar surface area (TPSA) is 28.2 Å². The molecular formula is C15H25N3S2.